The molecule has 0 unspecified atom stereocenters. The van der Waals surface area contributed by atoms with Gasteiger partial charge >= 0.3 is 6.09 Å². The van der Waals surface area contributed by atoms with Crippen LogP contribution in [0.1, 0.15) is 49.5 Å². The minimum atomic E-state index is -0.606. The molecule has 1 saturated carbocycles. The third-order valence-electron chi connectivity index (χ3n) is 4.25. The Bertz CT molecular complexity index is 872. The monoisotopic (exact) mass is 384 g/mol. The standard InChI is InChI=1S/C22H25FN2O3/c1-22(2,3)28-21(27)24-18-9-5-7-16(13-18)20(26)25(19-10-11-19)14-15-6-4-8-17(23)12-15/h4-9,12-13,19H,10-11,14H2,1-3H3,(H,24,27). The highest BCUT2D eigenvalue weighted by atomic mass is 19.1. The number of nitrogens with one attached hydrogen (secondary N) is 1. The lowest BCUT2D eigenvalue weighted by Crippen LogP contribution is -2.32. The first-order valence-electron chi connectivity index (χ1n) is 9.37. The molecule has 0 radical (unpaired) electrons. The topological polar surface area (TPSA) is 58.6 Å². The van der Waals surface area contributed by atoms with Gasteiger partial charge in [-0.25, -0.2) is 9.18 Å². The summed E-state index contributed by atoms with van der Waals surface area (Å²) >= 11 is 0. The molecule has 5 nitrogen and oxygen atoms in total. The molecule has 28 heavy (non-hydrogen) atoms. The number of carbonyl (C=O) groups excluding carboxylic acids is 2. The van der Waals surface area contributed by atoms with E-state index in [9.17, 15) is 14.0 Å². The van der Waals surface area contributed by atoms with Crippen LogP contribution in [0.2, 0.25) is 0 Å². The van der Waals surface area contributed by atoms with Crippen LogP contribution in [-0.2, 0) is 11.3 Å². The predicted molar refractivity (Wildman–Crippen MR) is 106 cm³/mol. The number of anilines is 1. The Hall–Kier alpha value is -2.89. The summed E-state index contributed by atoms with van der Waals surface area (Å²) in [4.78, 5) is 26.8. The fourth-order valence-corrected chi connectivity index (χ4v) is 2.90. The van der Waals surface area contributed by atoms with Crippen molar-refractivity contribution in [2.45, 2.75) is 51.8 Å². The number of hydrogen-bond acceptors (Lipinski definition) is 3. The Kier molecular flexibility index (Phi) is 5.68. The molecule has 1 aliphatic rings. The Morgan fingerprint density at radius 1 is 1.14 bits per heavy atom. The first kappa shape index (κ1) is 19.9. The largest absolute Gasteiger partial charge is 0.444 e. The van der Waals surface area contributed by atoms with Gasteiger partial charge in [0.15, 0.2) is 0 Å². The molecule has 0 aliphatic heterocycles. The van der Waals surface area contributed by atoms with E-state index in [-0.39, 0.29) is 17.8 Å². The van der Waals surface area contributed by atoms with E-state index in [4.69, 9.17) is 4.74 Å². The van der Waals surface area contributed by atoms with Gasteiger partial charge in [-0.1, -0.05) is 18.2 Å². The molecule has 2 aromatic carbocycles. The number of amides is 2. The maximum atomic E-state index is 13.5. The summed E-state index contributed by atoms with van der Waals surface area (Å²) in [5, 5.41) is 2.65. The van der Waals surface area contributed by atoms with Crippen molar-refractivity contribution in [3.05, 3.63) is 65.5 Å². The van der Waals surface area contributed by atoms with Crippen LogP contribution >= 0.6 is 0 Å². The van der Waals surface area contributed by atoms with Crippen LogP contribution < -0.4 is 5.32 Å². The van der Waals surface area contributed by atoms with E-state index in [2.05, 4.69) is 5.32 Å². The smallest absolute Gasteiger partial charge is 0.412 e. The van der Waals surface area contributed by atoms with Crippen molar-refractivity contribution in [2.75, 3.05) is 5.32 Å². The molecule has 0 bridgehead atoms. The zero-order valence-electron chi connectivity index (χ0n) is 16.4. The molecule has 2 amide bonds. The molecule has 0 aromatic heterocycles. The first-order chi connectivity index (χ1) is 13.2. The maximum Gasteiger partial charge on any atom is 0.412 e. The van der Waals surface area contributed by atoms with Gasteiger partial charge in [0.25, 0.3) is 5.91 Å². The summed E-state index contributed by atoms with van der Waals surface area (Å²) in [6.07, 6.45) is 1.31. The molecule has 0 saturated heterocycles. The van der Waals surface area contributed by atoms with Crippen molar-refractivity contribution in [3.63, 3.8) is 0 Å². The van der Waals surface area contributed by atoms with E-state index in [1.54, 1.807) is 56.0 Å². The Labute approximate surface area is 164 Å². The summed E-state index contributed by atoms with van der Waals surface area (Å²) in [6.45, 7) is 5.70. The summed E-state index contributed by atoms with van der Waals surface area (Å²) in [5.74, 6) is -0.455. The lowest BCUT2D eigenvalue weighted by atomic mass is 10.1. The molecule has 1 fully saturated rings. The zero-order valence-corrected chi connectivity index (χ0v) is 16.4. The zero-order chi connectivity index (χ0) is 20.3. The maximum absolute atomic E-state index is 13.5. The molecule has 0 heterocycles. The number of benzene rings is 2. The van der Waals surface area contributed by atoms with E-state index in [1.165, 1.54) is 12.1 Å². The molecule has 1 N–H and O–H groups in total. The highest BCUT2D eigenvalue weighted by Crippen LogP contribution is 2.30. The molecule has 1 aliphatic carbocycles. The summed E-state index contributed by atoms with van der Waals surface area (Å²) in [6, 6.07) is 13.2. The lowest BCUT2D eigenvalue weighted by molar-refractivity contribution is 0.0634. The van der Waals surface area contributed by atoms with Crippen molar-refractivity contribution in [1.29, 1.82) is 0 Å². The van der Waals surface area contributed by atoms with Crippen LogP contribution in [0.25, 0.3) is 0 Å². The van der Waals surface area contributed by atoms with Gasteiger partial charge in [0.05, 0.1) is 0 Å². The SMILES string of the molecule is CC(C)(C)OC(=O)Nc1cccc(C(=O)N(Cc2cccc(F)c2)C2CC2)c1. The van der Waals surface area contributed by atoms with Gasteiger partial charge < -0.3 is 9.64 Å². The Morgan fingerprint density at radius 3 is 2.50 bits per heavy atom. The van der Waals surface area contributed by atoms with Crippen LogP contribution in [0.15, 0.2) is 48.5 Å². The van der Waals surface area contributed by atoms with Crippen molar-refractivity contribution < 1.29 is 18.7 Å². The first-order valence-corrected chi connectivity index (χ1v) is 9.37. The lowest BCUT2D eigenvalue weighted by Gasteiger charge is -2.23. The van der Waals surface area contributed by atoms with Crippen molar-refractivity contribution in [2.24, 2.45) is 0 Å². The quantitative estimate of drug-likeness (QED) is 0.791. The van der Waals surface area contributed by atoms with E-state index < -0.39 is 11.7 Å². The molecule has 2 aromatic rings. The second kappa shape index (κ2) is 8.00. The second-order valence-corrected chi connectivity index (χ2v) is 8.00. The normalized spacial score (nSPS) is 13.7. The van der Waals surface area contributed by atoms with Crippen LogP contribution in [-0.4, -0.2) is 28.5 Å². The van der Waals surface area contributed by atoms with Gasteiger partial charge in [0.1, 0.15) is 11.4 Å². The van der Waals surface area contributed by atoms with Gasteiger partial charge in [0, 0.05) is 23.8 Å². The Balaban J connectivity index is 1.74. The van der Waals surface area contributed by atoms with Gasteiger partial charge in [-0.3, -0.25) is 10.1 Å². The number of ether oxygens (including phenoxy) is 1. The van der Waals surface area contributed by atoms with Gasteiger partial charge in [-0.2, -0.15) is 0 Å². The van der Waals surface area contributed by atoms with E-state index >= 15 is 0 Å². The fourth-order valence-electron chi connectivity index (χ4n) is 2.90. The Morgan fingerprint density at radius 2 is 1.86 bits per heavy atom. The molecule has 0 atom stereocenters. The summed E-state index contributed by atoms with van der Waals surface area (Å²) in [7, 11) is 0. The third-order valence-corrected chi connectivity index (χ3v) is 4.25. The minimum absolute atomic E-state index is 0.139. The van der Waals surface area contributed by atoms with Crippen molar-refractivity contribution in [1.82, 2.24) is 4.90 Å². The summed E-state index contributed by atoms with van der Waals surface area (Å²) in [5.41, 5.74) is 1.10. The van der Waals surface area contributed by atoms with Crippen molar-refractivity contribution >= 4 is 17.7 Å². The molecular formula is C22H25FN2O3. The van der Waals surface area contributed by atoms with E-state index in [0.29, 0.717) is 17.8 Å². The summed E-state index contributed by atoms with van der Waals surface area (Å²) < 4.78 is 18.7. The average molecular weight is 384 g/mol. The van der Waals surface area contributed by atoms with Crippen LogP contribution in [0.3, 0.4) is 0 Å². The minimum Gasteiger partial charge on any atom is -0.444 e. The molecular weight excluding hydrogens is 359 g/mol. The van der Waals surface area contributed by atoms with Gasteiger partial charge in [-0.15, -0.1) is 0 Å². The molecule has 0 spiro atoms. The second-order valence-electron chi connectivity index (χ2n) is 8.00. The predicted octanol–water partition coefficient (Wildman–Crippen LogP) is 4.98. The van der Waals surface area contributed by atoms with E-state index in [0.717, 1.165) is 18.4 Å². The van der Waals surface area contributed by atoms with Gasteiger partial charge in [-0.05, 0) is 69.5 Å². The highest BCUT2D eigenvalue weighted by molar-refractivity contribution is 5.96. The number of halogens is 1. The fraction of sp³-hybridized carbons (Fsp3) is 0.364. The van der Waals surface area contributed by atoms with Crippen molar-refractivity contribution in [3.8, 4) is 0 Å². The highest BCUT2D eigenvalue weighted by Gasteiger charge is 2.33. The number of hydrogen-bond donors (Lipinski definition) is 1. The van der Waals surface area contributed by atoms with Gasteiger partial charge in [0.2, 0.25) is 0 Å². The molecule has 3 rings (SSSR count). The van der Waals surface area contributed by atoms with Crippen LogP contribution in [0.4, 0.5) is 14.9 Å². The third kappa shape index (κ3) is 5.55. The van der Waals surface area contributed by atoms with Crippen LogP contribution in [0.5, 0.6) is 0 Å². The number of carbonyl (C=O) groups is 2. The number of rotatable bonds is 5. The number of nitrogens with zero attached hydrogens (tertiary/aromatic N) is 1. The molecule has 148 valence electrons. The van der Waals surface area contributed by atoms with E-state index in [1.807, 2.05) is 6.07 Å². The molecule has 6 heteroatoms. The average Bonchev–Trinajstić information content (AvgIpc) is 3.42. The van der Waals surface area contributed by atoms with Crippen LogP contribution in [0, 0.1) is 5.82 Å².